The number of imide groups is 1. The molecule has 2 fully saturated rings. The van der Waals surface area contributed by atoms with Gasteiger partial charge in [-0.2, -0.15) is 0 Å². The van der Waals surface area contributed by atoms with Crippen molar-refractivity contribution < 1.29 is 23.5 Å². The number of rotatable bonds is 3. The Morgan fingerprint density at radius 2 is 1.79 bits per heavy atom. The first-order valence-corrected chi connectivity index (χ1v) is 9.39. The highest BCUT2D eigenvalue weighted by Gasteiger charge is 2.32. The first-order chi connectivity index (χ1) is 13.7. The van der Waals surface area contributed by atoms with E-state index in [1.54, 1.807) is 12.5 Å². The standard InChI is InChI=1S/C19H20N4O5/c24-15-5-8-23(19(25)21-15)14-2-1-13(16-17(14)28-11-20-16)22-6-3-12(4-7-22)18-26-9-10-27-18/h1-2,9-12,18H,3-8H2,(H,21,24,25). The Hall–Kier alpha value is -3.23. The molecule has 2 saturated heterocycles. The number of carbonyl (C=O) groups excluding carboxylic acids is 2. The minimum absolute atomic E-state index is 0.183. The number of oxazole rings is 1. The lowest BCUT2D eigenvalue weighted by Gasteiger charge is -2.35. The average molecular weight is 384 g/mol. The van der Waals surface area contributed by atoms with E-state index in [4.69, 9.17) is 13.9 Å². The lowest BCUT2D eigenvalue weighted by atomic mass is 9.95. The van der Waals surface area contributed by atoms with Crippen molar-refractivity contribution in [2.45, 2.75) is 25.6 Å². The molecule has 0 atom stereocenters. The number of ether oxygens (including phenoxy) is 2. The molecule has 28 heavy (non-hydrogen) atoms. The van der Waals surface area contributed by atoms with E-state index in [1.807, 2.05) is 12.1 Å². The van der Waals surface area contributed by atoms with Crippen molar-refractivity contribution in [1.82, 2.24) is 10.3 Å². The Bertz CT molecular complexity index is 939. The van der Waals surface area contributed by atoms with Crippen molar-refractivity contribution in [3.05, 3.63) is 31.1 Å². The highest BCUT2D eigenvalue weighted by molar-refractivity contribution is 6.09. The summed E-state index contributed by atoms with van der Waals surface area (Å²) < 4.78 is 16.6. The van der Waals surface area contributed by atoms with Gasteiger partial charge in [0.15, 0.2) is 12.0 Å². The molecule has 9 nitrogen and oxygen atoms in total. The molecule has 146 valence electrons. The maximum absolute atomic E-state index is 12.2. The summed E-state index contributed by atoms with van der Waals surface area (Å²) in [4.78, 5) is 31.8. The Morgan fingerprint density at radius 3 is 2.54 bits per heavy atom. The molecule has 1 N–H and O–H groups in total. The van der Waals surface area contributed by atoms with E-state index < -0.39 is 6.03 Å². The summed E-state index contributed by atoms with van der Waals surface area (Å²) >= 11 is 0. The average Bonchev–Trinajstić information content (AvgIpc) is 3.40. The third-order valence-electron chi connectivity index (χ3n) is 5.53. The van der Waals surface area contributed by atoms with Crippen molar-refractivity contribution in [3.63, 3.8) is 0 Å². The molecule has 9 heteroatoms. The monoisotopic (exact) mass is 384 g/mol. The van der Waals surface area contributed by atoms with Gasteiger partial charge in [0.2, 0.25) is 12.2 Å². The highest BCUT2D eigenvalue weighted by Crippen LogP contribution is 2.36. The van der Waals surface area contributed by atoms with Crippen molar-refractivity contribution >= 4 is 34.4 Å². The molecule has 5 rings (SSSR count). The molecule has 2 aromatic rings. The van der Waals surface area contributed by atoms with Gasteiger partial charge in [-0.1, -0.05) is 0 Å². The lowest BCUT2D eigenvalue weighted by molar-refractivity contribution is -0.120. The van der Waals surface area contributed by atoms with Crippen LogP contribution in [-0.4, -0.2) is 42.8 Å². The smallest absolute Gasteiger partial charge is 0.328 e. The number of aromatic nitrogens is 1. The van der Waals surface area contributed by atoms with Gasteiger partial charge in [-0.3, -0.25) is 15.0 Å². The maximum Gasteiger partial charge on any atom is 0.328 e. The Morgan fingerprint density at radius 1 is 1.04 bits per heavy atom. The number of hydrogen-bond acceptors (Lipinski definition) is 7. The molecule has 3 amide bonds. The van der Waals surface area contributed by atoms with Crippen molar-refractivity contribution in [2.24, 2.45) is 5.92 Å². The number of piperidine rings is 1. The minimum atomic E-state index is -0.437. The fourth-order valence-corrected chi connectivity index (χ4v) is 4.07. The van der Waals surface area contributed by atoms with Crippen LogP contribution in [0.3, 0.4) is 0 Å². The fourth-order valence-electron chi connectivity index (χ4n) is 4.07. The van der Waals surface area contributed by atoms with Gasteiger partial charge in [-0.15, -0.1) is 0 Å². The predicted octanol–water partition coefficient (Wildman–Crippen LogP) is 2.33. The van der Waals surface area contributed by atoms with Crippen LogP contribution in [0.4, 0.5) is 16.2 Å². The zero-order valence-electron chi connectivity index (χ0n) is 15.2. The van der Waals surface area contributed by atoms with Crippen LogP contribution >= 0.6 is 0 Å². The Balaban J connectivity index is 1.38. The van der Waals surface area contributed by atoms with Gasteiger partial charge in [0, 0.05) is 32.0 Å². The molecule has 0 saturated carbocycles. The second-order valence-corrected chi connectivity index (χ2v) is 7.13. The van der Waals surface area contributed by atoms with E-state index in [-0.39, 0.29) is 18.6 Å². The summed E-state index contributed by atoms with van der Waals surface area (Å²) in [5.74, 6) is 0.0906. The summed E-state index contributed by atoms with van der Waals surface area (Å²) in [6.45, 7) is 2.03. The summed E-state index contributed by atoms with van der Waals surface area (Å²) in [5, 5.41) is 2.34. The molecule has 0 bridgehead atoms. The zero-order valence-corrected chi connectivity index (χ0v) is 15.2. The van der Waals surface area contributed by atoms with E-state index >= 15 is 0 Å². The van der Waals surface area contributed by atoms with Crippen molar-refractivity contribution in [2.75, 3.05) is 29.4 Å². The highest BCUT2D eigenvalue weighted by atomic mass is 16.7. The number of hydrogen-bond donors (Lipinski definition) is 1. The van der Waals surface area contributed by atoms with E-state index in [0.29, 0.717) is 23.7 Å². The van der Waals surface area contributed by atoms with Gasteiger partial charge >= 0.3 is 6.03 Å². The zero-order chi connectivity index (χ0) is 19.1. The number of nitrogens with zero attached hydrogens (tertiary/aromatic N) is 3. The molecular weight excluding hydrogens is 364 g/mol. The molecule has 1 aromatic heterocycles. The number of urea groups is 1. The maximum atomic E-state index is 12.2. The van der Waals surface area contributed by atoms with Crippen molar-refractivity contribution in [3.8, 4) is 0 Å². The van der Waals surface area contributed by atoms with E-state index in [9.17, 15) is 9.59 Å². The van der Waals surface area contributed by atoms with Crippen LogP contribution in [0.5, 0.6) is 0 Å². The number of amides is 3. The third kappa shape index (κ3) is 2.83. The molecule has 1 aromatic carbocycles. The predicted molar refractivity (Wildman–Crippen MR) is 99.5 cm³/mol. The Kier molecular flexibility index (Phi) is 4.07. The minimum Gasteiger partial charge on any atom is -0.459 e. The molecule has 4 heterocycles. The molecule has 3 aliphatic rings. The first-order valence-electron chi connectivity index (χ1n) is 9.39. The van der Waals surface area contributed by atoms with Crippen LogP contribution in [-0.2, 0) is 14.3 Å². The fraction of sp³-hybridized carbons (Fsp3) is 0.421. The van der Waals surface area contributed by atoms with Crippen LogP contribution in [0.1, 0.15) is 19.3 Å². The number of nitrogens with one attached hydrogen (secondary N) is 1. The summed E-state index contributed by atoms with van der Waals surface area (Å²) in [6.07, 6.45) is 6.56. The normalized spacial score (nSPS) is 21.1. The molecular formula is C19H20N4O5. The number of benzene rings is 1. The van der Waals surface area contributed by atoms with Gasteiger partial charge in [0.05, 0.1) is 11.4 Å². The third-order valence-corrected chi connectivity index (χ3v) is 5.53. The summed E-state index contributed by atoms with van der Waals surface area (Å²) in [6, 6.07) is 3.39. The molecule has 3 aliphatic heterocycles. The van der Waals surface area contributed by atoms with Crippen LogP contribution in [0, 0.1) is 5.92 Å². The first kappa shape index (κ1) is 16.9. The van der Waals surface area contributed by atoms with Gasteiger partial charge < -0.3 is 18.8 Å². The SMILES string of the molecule is O=C1CCN(c2ccc(N3CCC(C4OC=CO4)CC3)c3ncoc23)C(=O)N1. The van der Waals surface area contributed by atoms with E-state index in [0.717, 1.165) is 37.1 Å². The van der Waals surface area contributed by atoms with E-state index in [2.05, 4.69) is 15.2 Å². The largest absolute Gasteiger partial charge is 0.459 e. The molecule has 0 unspecified atom stereocenters. The van der Waals surface area contributed by atoms with Gasteiger partial charge in [0.1, 0.15) is 18.0 Å². The quantitative estimate of drug-likeness (QED) is 0.867. The topological polar surface area (TPSA) is 97.1 Å². The van der Waals surface area contributed by atoms with Gasteiger partial charge in [0.25, 0.3) is 0 Å². The van der Waals surface area contributed by atoms with Crippen LogP contribution in [0.15, 0.2) is 35.5 Å². The van der Waals surface area contributed by atoms with Gasteiger partial charge in [-0.25, -0.2) is 9.78 Å². The second kappa shape index (κ2) is 6.74. The van der Waals surface area contributed by atoms with E-state index in [1.165, 1.54) is 11.3 Å². The molecule has 0 radical (unpaired) electrons. The van der Waals surface area contributed by atoms with Crippen LogP contribution in [0.2, 0.25) is 0 Å². The number of anilines is 2. The van der Waals surface area contributed by atoms with Crippen LogP contribution < -0.4 is 15.1 Å². The molecule has 0 aliphatic carbocycles. The second-order valence-electron chi connectivity index (χ2n) is 7.13. The van der Waals surface area contributed by atoms with Crippen LogP contribution in [0.25, 0.3) is 11.1 Å². The van der Waals surface area contributed by atoms with Gasteiger partial charge in [-0.05, 0) is 25.0 Å². The number of carbonyl (C=O) groups is 2. The lowest BCUT2D eigenvalue weighted by Crippen LogP contribution is -2.49. The Labute approximate surface area is 160 Å². The molecule has 0 spiro atoms. The number of fused-ring (bicyclic) bond motifs is 1. The summed E-state index contributed by atoms with van der Waals surface area (Å²) in [5.41, 5.74) is 2.87. The van der Waals surface area contributed by atoms with Crippen molar-refractivity contribution in [1.29, 1.82) is 0 Å². The summed E-state index contributed by atoms with van der Waals surface area (Å²) in [7, 11) is 0.